The van der Waals surface area contributed by atoms with Crippen LogP contribution in [0.3, 0.4) is 0 Å². The van der Waals surface area contributed by atoms with Gasteiger partial charge in [-0.3, -0.25) is 4.79 Å². The molecule has 2 aromatic rings. The Balaban J connectivity index is 1.67. The Morgan fingerprint density at radius 2 is 2.00 bits per heavy atom. The Bertz CT molecular complexity index is 591. The predicted molar refractivity (Wildman–Crippen MR) is 80.2 cm³/mol. The van der Waals surface area contributed by atoms with Crippen LogP contribution >= 0.6 is 0 Å². The number of carbonyl (C=O) groups is 1. The van der Waals surface area contributed by atoms with E-state index in [4.69, 9.17) is 0 Å². The van der Waals surface area contributed by atoms with E-state index in [0.717, 1.165) is 12.1 Å². The maximum atomic E-state index is 12.3. The molecule has 0 radical (unpaired) electrons. The number of benzene rings is 1. The van der Waals surface area contributed by atoms with Crippen molar-refractivity contribution in [3.63, 3.8) is 0 Å². The van der Waals surface area contributed by atoms with E-state index in [2.05, 4.69) is 22.3 Å². The third-order valence-corrected chi connectivity index (χ3v) is 4.24. The Labute approximate surface area is 124 Å². The van der Waals surface area contributed by atoms with Crippen LogP contribution in [0.2, 0.25) is 0 Å². The highest BCUT2D eigenvalue weighted by atomic mass is 16.1. The minimum Gasteiger partial charge on any atom is -0.349 e. The largest absolute Gasteiger partial charge is 0.349 e. The van der Waals surface area contributed by atoms with Crippen molar-refractivity contribution in [1.29, 1.82) is 0 Å². The van der Waals surface area contributed by atoms with Crippen molar-refractivity contribution in [2.75, 3.05) is 0 Å². The van der Waals surface area contributed by atoms with Gasteiger partial charge < -0.3 is 5.32 Å². The first-order valence-electron chi connectivity index (χ1n) is 7.50. The lowest BCUT2D eigenvalue weighted by molar-refractivity contribution is 0.0910. The van der Waals surface area contributed by atoms with Crippen LogP contribution in [-0.4, -0.2) is 26.7 Å². The fraction of sp³-hybridized carbons (Fsp3) is 0.438. The molecule has 3 rings (SSSR count). The van der Waals surface area contributed by atoms with E-state index >= 15 is 0 Å². The molecule has 1 saturated carbocycles. The normalized spacial score (nSPS) is 22.0. The van der Waals surface area contributed by atoms with E-state index in [9.17, 15) is 4.79 Å². The van der Waals surface area contributed by atoms with Crippen LogP contribution in [0.15, 0.2) is 36.9 Å². The Hall–Kier alpha value is -2.17. The molecule has 0 saturated heterocycles. The molecule has 1 N–H and O–H groups in total. The summed E-state index contributed by atoms with van der Waals surface area (Å²) in [6.45, 7) is 2.22. The number of hydrogen-bond donors (Lipinski definition) is 1. The topological polar surface area (TPSA) is 59.8 Å². The van der Waals surface area contributed by atoms with Crippen LogP contribution in [0.4, 0.5) is 0 Å². The molecule has 1 amide bonds. The highest BCUT2D eigenvalue weighted by Crippen LogP contribution is 2.24. The van der Waals surface area contributed by atoms with Gasteiger partial charge in [-0.05, 0) is 43.0 Å². The van der Waals surface area contributed by atoms with Crippen molar-refractivity contribution >= 4 is 5.91 Å². The molecule has 1 aromatic heterocycles. The molecule has 1 fully saturated rings. The quantitative estimate of drug-likeness (QED) is 0.942. The smallest absolute Gasteiger partial charge is 0.251 e. The van der Waals surface area contributed by atoms with Crippen LogP contribution in [0.25, 0.3) is 5.69 Å². The summed E-state index contributed by atoms with van der Waals surface area (Å²) in [6, 6.07) is 7.74. The highest BCUT2D eigenvalue weighted by molar-refractivity contribution is 5.94. The van der Waals surface area contributed by atoms with E-state index in [-0.39, 0.29) is 5.91 Å². The minimum atomic E-state index is 0.0129. The van der Waals surface area contributed by atoms with Gasteiger partial charge in [0.2, 0.25) is 0 Å². The first-order chi connectivity index (χ1) is 10.2. The van der Waals surface area contributed by atoms with Gasteiger partial charge in [0.15, 0.2) is 0 Å². The summed E-state index contributed by atoms with van der Waals surface area (Å²) in [5, 5.41) is 7.23. The van der Waals surface area contributed by atoms with E-state index in [1.165, 1.54) is 25.6 Å². The second-order valence-electron chi connectivity index (χ2n) is 5.73. The van der Waals surface area contributed by atoms with Gasteiger partial charge in [0.05, 0.1) is 5.69 Å². The van der Waals surface area contributed by atoms with Gasteiger partial charge >= 0.3 is 0 Å². The molecule has 1 aliphatic rings. The molecule has 0 unspecified atom stereocenters. The molecule has 0 spiro atoms. The number of nitrogens with one attached hydrogen (secondary N) is 1. The molecule has 2 atom stereocenters. The SMILES string of the molecule is C[C@@H]1CCCC[C@H]1NC(=O)c1ccc(-n2cncn2)cc1. The van der Waals surface area contributed by atoms with Crippen molar-refractivity contribution in [2.45, 2.75) is 38.6 Å². The van der Waals surface area contributed by atoms with Gasteiger partial charge in [0.25, 0.3) is 5.91 Å². The number of nitrogens with zero attached hydrogens (tertiary/aromatic N) is 3. The summed E-state index contributed by atoms with van der Waals surface area (Å²) in [6.07, 6.45) is 7.91. The van der Waals surface area contributed by atoms with E-state index in [1.54, 1.807) is 11.0 Å². The Morgan fingerprint density at radius 1 is 1.24 bits per heavy atom. The number of aromatic nitrogens is 3. The molecule has 5 heteroatoms. The zero-order valence-corrected chi connectivity index (χ0v) is 12.2. The van der Waals surface area contributed by atoms with Gasteiger partial charge in [0, 0.05) is 11.6 Å². The summed E-state index contributed by atoms with van der Waals surface area (Å²) in [4.78, 5) is 16.2. The van der Waals surface area contributed by atoms with Crippen molar-refractivity contribution in [2.24, 2.45) is 5.92 Å². The first kappa shape index (κ1) is 13.8. The fourth-order valence-corrected chi connectivity index (χ4v) is 2.89. The highest BCUT2D eigenvalue weighted by Gasteiger charge is 2.23. The average molecular weight is 284 g/mol. The van der Waals surface area contributed by atoms with Gasteiger partial charge in [-0.2, -0.15) is 5.10 Å². The summed E-state index contributed by atoms with van der Waals surface area (Å²) >= 11 is 0. The zero-order chi connectivity index (χ0) is 14.7. The van der Waals surface area contributed by atoms with Crippen molar-refractivity contribution < 1.29 is 4.79 Å². The third-order valence-electron chi connectivity index (χ3n) is 4.24. The predicted octanol–water partition coefficient (Wildman–Crippen LogP) is 2.58. The minimum absolute atomic E-state index is 0.0129. The number of hydrogen-bond acceptors (Lipinski definition) is 3. The van der Waals surface area contributed by atoms with Crippen molar-refractivity contribution in [3.8, 4) is 5.69 Å². The number of carbonyl (C=O) groups excluding carboxylic acids is 1. The van der Waals surface area contributed by atoms with Gasteiger partial charge in [-0.25, -0.2) is 9.67 Å². The third kappa shape index (κ3) is 3.12. The Kier molecular flexibility index (Phi) is 3.99. The monoisotopic (exact) mass is 284 g/mol. The van der Waals surface area contributed by atoms with Crippen molar-refractivity contribution in [1.82, 2.24) is 20.1 Å². The maximum Gasteiger partial charge on any atom is 0.251 e. The molecule has 0 aliphatic heterocycles. The molecule has 1 aromatic carbocycles. The molecule has 110 valence electrons. The van der Waals surface area contributed by atoms with Gasteiger partial charge in [-0.1, -0.05) is 19.8 Å². The van der Waals surface area contributed by atoms with E-state index in [1.807, 2.05) is 24.3 Å². The van der Waals surface area contributed by atoms with Crippen molar-refractivity contribution in [3.05, 3.63) is 42.5 Å². The van der Waals surface area contributed by atoms with E-state index in [0.29, 0.717) is 17.5 Å². The number of rotatable bonds is 3. The first-order valence-corrected chi connectivity index (χ1v) is 7.50. The van der Waals surface area contributed by atoms with Crippen LogP contribution < -0.4 is 5.32 Å². The van der Waals surface area contributed by atoms with Crippen LogP contribution in [0.1, 0.15) is 43.0 Å². The summed E-state index contributed by atoms with van der Waals surface area (Å²) in [5.41, 5.74) is 1.59. The second-order valence-corrected chi connectivity index (χ2v) is 5.73. The average Bonchev–Trinajstić information content (AvgIpc) is 3.04. The summed E-state index contributed by atoms with van der Waals surface area (Å²) in [7, 11) is 0. The van der Waals surface area contributed by atoms with E-state index < -0.39 is 0 Å². The molecule has 5 nitrogen and oxygen atoms in total. The van der Waals surface area contributed by atoms with Crippen LogP contribution in [0.5, 0.6) is 0 Å². The molecule has 21 heavy (non-hydrogen) atoms. The lowest BCUT2D eigenvalue weighted by Crippen LogP contribution is -2.41. The molecule has 0 bridgehead atoms. The van der Waals surface area contributed by atoms with Gasteiger partial charge in [0.1, 0.15) is 12.7 Å². The molecule has 1 aliphatic carbocycles. The molecule has 1 heterocycles. The fourth-order valence-electron chi connectivity index (χ4n) is 2.89. The Morgan fingerprint density at radius 3 is 2.67 bits per heavy atom. The summed E-state index contributed by atoms with van der Waals surface area (Å²) < 4.78 is 1.67. The lowest BCUT2D eigenvalue weighted by Gasteiger charge is -2.29. The number of amides is 1. The molecular weight excluding hydrogens is 264 g/mol. The standard InChI is InChI=1S/C16H20N4O/c1-12-4-2-3-5-15(12)19-16(21)13-6-8-14(9-7-13)20-11-17-10-18-20/h6-12,15H,2-5H2,1H3,(H,19,21)/t12-,15-/m1/s1. The summed E-state index contributed by atoms with van der Waals surface area (Å²) in [5.74, 6) is 0.580. The maximum absolute atomic E-state index is 12.3. The van der Waals surface area contributed by atoms with Crippen LogP contribution in [-0.2, 0) is 0 Å². The molecular formula is C16H20N4O. The lowest BCUT2D eigenvalue weighted by atomic mass is 9.86. The zero-order valence-electron chi connectivity index (χ0n) is 12.2. The second kappa shape index (κ2) is 6.08. The van der Waals surface area contributed by atoms with Gasteiger partial charge in [-0.15, -0.1) is 0 Å². The van der Waals surface area contributed by atoms with Crippen LogP contribution in [0, 0.1) is 5.92 Å².